The van der Waals surface area contributed by atoms with E-state index in [9.17, 15) is 10.2 Å². The lowest BCUT2D eigenvalue weighted by Crippen LogP contribution is -2.55. The number of aliphatic hydroxyl groups is 2. The Morgan fingerprint density at radius 1 is 1.26 bits per heavy atom. The highest BCUT2D eigenvalue weighted by molar-refractivity contribution is 5.37. The van der Waals surface area contributed by atoms with Gasteiger partial charge in [-0.1, -0.05) is 24.8 Å². The summed E-state index contributed by atoms with van der Waals surface area (Å²) in [5, 5.41) is 21.0. The van der Waals surface area contributed by atoms with E-state index in [1.165, 1.54) is 18.4 Å². The van der Waals surface area contributed by atoms with E-state index < -0.39 is 5.60 Å². The third-order valence-corrected chi connectivity index (χ3v) is 9.02. The maximum Gasteiger partial charge on any atom is 0.134 e. The quantitative estimate of drug-likeness (QED) is 0.731. The van der Waals surface area contributed by atoms with E-state index in [0.717, 1.165) is 43.8 Å². The van der Waals surface area contributed by atoms with Crippen LogP contribution in [0.5, 0.6) is 0 Å². The van der Waals surface area contributed by atoms with Crippen LogP contribution in [0.3, 0.4) is 0 Å². The van der Waals surface area contributed by atoms with Crippen molar-refractivity contribution in [2.45, 2.75) is 57.5 Å². The van der Waals surface area contributed by atoms with Crippen LogP contribution >= 0.6 is 0 Å². The summed E-state index contributed by atoms with van der Waals surface area (Å²) in [5.74, 6) is 10.8. The predicted molar refractivity (Wildman–Crippen MR) is 104 cm³/mol. The first-order valence-electron chi connectivity index (χ1n) is 10.9. The largest absolute Gasteiger partial charge is 0.501 e. The van der Waals surface area contributed by atoms with Gasteiger partial charge in [0, 0.05) is 17.8 Å². The van der Waals surface area contributed by atoms with Crippen molar-refractivity contribution in [2.75, 3.05) is 13.7 Å². The Morgan fingerprint density at radius 3 is 2.85 bits per heavy atom. The van der Waals surface area contributed by atoms with Crippen molar-refractivity contribution < 1.29 is 14.9 Å². The van der Waals surface area contributed by atoms with Crippen molar-refractivity contribution in [3.63, 3.8) is 0 Å². The molecule has 0 radical (unpaired) electrons. The van der Waals surface area contributed by atoms with Gasteiger partial charge < -0.3 is 14.9 Å². The molecule has 0 saturated heterocycles. The molecule has 8 atom stereocenters. The van der Waals surface area contributed by atoms with Gasteiger partial charge in [0.1, 0.15) is 12.2 Å². The molecular formula is C24H32O3. The highest BCUT2D eigenvalue weighted by Crippen LogP contribution is 2.76. The molecule has 27 heavy (non-hydrogen) atoms. The number of aliphatic hydroxyl groups excluding tert-OH is 1. The number of hydrogen-bond donors (Lipinski definition) is 2. The number of fused-ring (bicyclic) bond motifs is 7. The van der Waals surface area contributed by atoms with Crippen molar-refractivity contribution in [3.8, 4) is 11.8 Å². The van der Waals surface area contributed by atoms with Crippen LogP contribution in [0.25, 0.3) is 0 Å². The Morgan fingerprint density at radius 2 is 2.11 bits per heavy atom. The summed E-state index contributed by atoms with van der Waals surface area (Å²) >= 11 is 0. The van der Waals surface area contributed by atoms with Gasteiger partial charge in [-0.3, -0.25) is 0 Å². The van der Waals surface area contributed by atoms with Crippen molar-refractivity contribution in [3.05, 3.63) is 23.5 Å². The second kappa shape index (κ2) is 6.13. The zero-order chi connectivity index (χ0) is 18.8. The molecule has 146 valence electrons. The molecule has 0 spiro atoms. The van der Waals surface area contributed by atoms with Gasteiger partial charge in [-0.15, -0.1) is 0 Å². The van der Waals surface area contributed by atoms with E-state index in [0.29, 0.717) is 29.6 Å². The molecule has 5 aliphatic rings. The van der Waals surface area contributed by atoms with Crippen molar-refractivity contribution in [1.82, 2.24) is 0 Å². The second-order valence-electron chi connectivity index (χ2n) is 9.53. The van der Waals surface area contributed by atoms with E-state index in [1.807, 2.05) is 0 Å². The normalized spacial score (nSPS) is 49.3. The molecule has 0 aromatic rings. The van der Waals surface area contributed by atoms with Crippen LogP contribution in [-0.2, 0) is 4.74 Å². The smallest absolute Gasteiger partial charge is 0.134 e. The Hall–Kier alpha value is -1.24. The van der Waals surface area contributed by atoms with Crippen LogP contribution in [0.2, 0.25) is 0 Å². The Kier molecular flexibility index (Phi) is 4.05. The number of methoxy groups -OCH3 is 1. The molecule has 0 amide bonds. The maximum atomic E-state index is 11.7. The first-order chi connectivity index (χ1) is 13.1. The van der Waals surface area contributed by atoms with Crippen molar-refractivity contribution in [2.24, 2.45) is 40.9 Å². The highest BCUT2D eigenvalue weighted by Gasteiger charge is 2.76. The lowest BCUT2D eigenvalue weighted by Gasteiger charge is -2.56. The van der Waals surface area contributed by atoms with Gasteiger partial charge in [0.2, 0.25) is 0 Å². The van der Waals surface area contributed by atoms with Gasteiger partial charge in [0.15, 0.2) is 0 Å². The van der Waals surface area contributed by atoms with Gasteiger partial charge in [-0.25, -0.2) is 0 Å². The molecule has 3 nitrogen and oxygen atoms in total. The van der Waals surface area contributed by atoms with Crippen LogP contribution < -0.4 is 0 Å². The molecule has 3 fully saturated rings. The molecular weight excluding hydrogens is 336 g/mol. The number of rotatable bonds is 2. The molecule has 3 saturated carbocycles. The van der Waals surface area contributed by atoms with Gasteiger partial charge >= 0.3 is 0 Å². The fraction of sp³-hybridized carbons (Fsp3) is 0.750. The Balaban J connectivity index is 1.51. The summed E-state index contributed by atoms with van der Waals surface area (Å²) in [6.45, 7) is 2.10. The minimum atomic E-state index is -0.884. The van der Waals surface area contributed by atoms with Crippen molar-refractivity contribution in [1.29, 1.82) is 0 Å². The van der Waals surface area contributed by atoms with E-state index >= 15 is 0 Å². The van der Waals surface area contributed by atoms with Gasteiger partial charge in [-0.05, 0) is 79.8 Å². The Labute approximate surface area is 162 Å². The topological polar surface area (TPSA) is 49.7 Å². The molecule has 3 heteroatoms. The minimum Gasteiger partial charge on any atom is -0.501 e. The molecule has 2 N–H and O–H groups in total. The summed E-state index contributed by atoms with van der Waals surface area (Å²) in [6.07, 6.45) is 12.6. The Bertz CT molecular complexity index is 755. The molecule has 0 bridgehead atoms. The number of hydrogen-bond acceptors (Lipinski definition) is 3. The predicted octanol–water partition coefficient (Wildman–Crippen LogP) is 3.67. The standard InChI is InChI=1S/C24H32O3/c1-3-23-11-9-18-17-8-6-16(27-2)13-15(17)5-7-19(18)22(23)20-14-21(20)24(23,26)10-4-12-25/h5,13,17-22,25-26H,3,6-9,11-12,14H2,1-2H3/t17-,18?,19?,20+,21-,22?,23?,24-/m0/s1. The summed E-state index contributed by atoms with van der Waals surface area (Å²) in [6, 6.07) is 0. The van der Waals surface area contributed by atoms with Crippen LogP contribution in [0, 0.1) is 52.8 Å². The lowest BCUT2D eigenvalue weighted by atomic mass is 9.48. The van der Waals surface area contributed by atoms with E-state index in [4.69, 9.17) is 4.74 Å². The monoisotopic (exact) mass is 368 g/mol. The first kappa shape index (κ1) is 17.8. The molecule has 0 aliphatic heterocycles. The number of allylic oxidation sites excluding steroid dienone is 4. The maximum absolute atomic E-state index is 11.7. The molecule has 5 rings (SSSR count). The summed E-state index contributed by atoms with van der Waals surface area (Å²) in [4.78, 5) is 0. The summed E-state index contributed by atoms with van der Waals surface area (Å²) in [5.41, 5.74) is 0.547. The van der Waals surface area contributed by atoms with Gasteiger partial charge in [-0.2, -0.15) is 0 Å². The van der Waals surface area contributed by atoms with Crippen LogP contribution in [-0.4, -0.2) is 29.5 Å². The fourth-order valence-corrected chi connectivity index (χ4v) is 7.94. The third-order valence-electron chi connectivity index (χ3n) is 9.02. The number of ether oxygens (including phenoxy) is 1. The minimum absolute atomic E-state index is 0.0720. The molecule has 4 unspecified atom stereocenters. The lowest BCUT2D eigenvalue weighted by molar-refractivity contribution is -0.116. The first-order valence-corrected chi connectivity index (χ1v) is 10.9. The fourth-order valence-electron chi connectivity index (χ4n) is 7.94. The molecule has 0 heterocycles. The SMILES string of the molecule is CCC12CCC3C(CC=C4C=C(OC)CC[C@@H]43)C1[C@@H]1C[C@@H]1[C@@]2(O)C#CCO. The second-order valence-corrected chi connectivity index (χ2v) is 9.53. The van der Waals surface area contributed by atoms with E-state index in [1.54, 1.807) is 7.11 Å². The molecule has 0 aromatic heterocycles. The van der Waals surface area contributed by atoms with E-state index in [-0.39, 0.29) is 12.0 Å². The molecule has 5 aliphatic carbocycles. The summed E-state index contributed by atoms with van der Waals surface area (Å²) < 4.78 is 5.52. The van der Waals surface area contributed by atoms with Crippen LogP contribution in [0.4, 0.5) is 0 Å². The summed E-state index contributed by atoms with van der Waals surface area (Å²) in [7, 11) is 1.79. The van der Waals surface area contributed by atoms with Crippen LogP contribution in [0.1, 0.15) is 51.9 Å². The van der Waals surface area contributed by atoms with Gasteiger partial charge in [0.25, 0.3) is 0 Å². The molecule has 0 aromatic carbocycles. The van der Waals surface area contributed by atoms with E-state index in [2.05, 4.69) is 30.9 Å². The average Bonchev–Trinajstić information content (AvgIpc) is 3.47. The van der Waals surface area contributed by atoms with Crippen molar-refractivity contribution >= 4 is 0 Å². The third kappa shape index (κ3) is 2.23. The average molecular weight is 369 g/mol. The highest BCUT2D eigenvalue weighted by atomic mass is 16.5. The zero-order valence-corrected chi connectivity index (χ0v) is 16.6. The van der Waals surface area contributed by atoms with Crippen LogP contribution in [0.15, 0.2) is 23.5 Å². The zero-order valence-electron chi connectivity index (χ0n) is 16.6. The van der Waals surface area contributed by atoms with Gasteiger partial charge in [0.05, 0.1) is 12.9 Å².